The Morgan fingerprint density at radius 3 is 2.47 bits per heavy atom. The lowest BCUT2D eigenvalue weighted by Crippen LogP contribution is -2.21. The molecule has 0 aliphatic heterocycles. The lowest BCUT2D eigenvalue weighted by Gasteiger charge is -2.21. The molecule has 0 atom stereocenters. The summed E-state index contributed by atoms with van der Waals surface area (Å²) in [6.07, 6.45) is 4.94. The fourth-order valence-electron chi connectivity index (χ4n) is 3.60. The Morgan fingerprint density at radius 1 is 1.06 bits per heavy atom. The zero-order valence-corrected chi connectivity index (χ0v) is 19.3. The van der Waals surface area contributed by atoms with Crippen LogP contribution in [0.5, 0.6) is 5.75 Å². The molecule has 8 heteroatoms. The van der Waals surface area contributed by atoms with Crippen LogP contribution in [0, 0.1) is 6.92 Å². The van der Waals surface area contributed by atoms with E-state index in [4.69, 9.17) is 14.2 Å². The minimum atomic E-state index is -0.575. The first-order chi connectivity index (χ1) is 15.5. The molecule has 3 rings (SSSR count). The van der Waals surface area contributed by atoms with E-state index in [1.54, 1.807) is 13.8 Å². The van der Waals surface area contributed by atoms with Gasteiger partial charge in [0.05, 0.1) is 25.2 Å². The highest BCUT2D eigenvalue weighted by Gasteiger charge is 2.29. The molecule has 1 aromatic heterocycles. The molecule has 1 aliphatic carbocycles. The van der Waals surface area contributed by atoms with Crippen molar-refractivity contribution in [3.05, 3.63) is 46.3 Å². The highest BCUT2D eigenvalue weighted by molar-refractivity contribution is 7.18. The van der Waals surface area contributed by atoms with Crippen LogP contribution in [0.1, 0.15) is 71.0 Å². The second-order valence-corrected chi connectivity index (χ2v) is 8.63. The second kappa shape index (κ2) is 11.7. The van der Waals surface area contributed by atoms with E-state index < -0.39 is 11.9 Å². The number of para-hydroxylation sites is 1. The van der Waals surface area contributed by atoms with Gasteiger partial charge in [0, 0.05) is 0 Å². The lowest BCUT2D eigenvalue weighted by atomic mass is 9.98. The molecule has 1 heterocycles. The maximum absolute atomic E-state index is 12.8. The summed E-state index contributed by atoms with van der Waals surface area (Å²) < 4.78 is 16.4. The van der Waals surface area contributed by atoms with Gasteiger partial charge in [0.25, 0.3) is 0 Å². The van der Waals surface area contributed by atoms with Gasteiger partial charge in [0.15, 0.2) is 0 Å². The molecule has 0 spiro atoms. The van der Waals surface area contributed by atoms with Gasteiger partial charge < -0.3 is 19.5 Å². The predicted molar refractivity (Wildman–Crippen MR) is 122 cm³/mol. The maximum Gasteiger partial charge on any atom is 0.348 e. The number of thiophene rings is 1. The third-order valence-corrected chi connectivity index (χ3v) is 6.42. The number of benzene rings is 1. The number of ether oxygens (including phenoxy) is 3. The minimum absolute atomic E-state index is 0.0932. The highest BCUT2D eigenvalue weighted by atomic mass is 32.1. The van der Waals surface area contributed by atoms with Crippen molar-refractivity contribution in [1.82, 2.24) is 0 Å². The average Bonchev–Trinajstić information content (AvgIpc) is 3.11. The van der Waals surface area contributed by atoms with Crippen molar-refractivity contribution in [3.63, 3.8) is 0 Å². The molecule has 1 amide bonds. The van der Waals surface area contributed by atoms with Gasteiger partial charge >= 0.3 is 11.9 Å². The molecule has 7 nitrogen and oxygen atoms in total. The first-order valence-electron chi connectivity index (χ1n) is 11.0. The monoisotopic (exact) mass is 459 g/mol. The molecule has 1 N–H and O–H groups in total. The van der Waals surface area contributed by atoms with Crippen LogP contribution in [0.2, 0.25) is 0 Å². The highest BCUT2D eigenvalue weighted by Crippen LogP contribution is 2.35. The molecular weight excluding hydrogens is 430 g/mol. The number of carbonyl (C=O) groups excluding carboxylic acids is 3. The molecule has 0 unspecified atom stereocenters. The fourth-order valence-corrected chi connectivity index (χ4v) is 4.69. The number of hydrogen-bond donors (Lipinski definition) is 1. The van der Waals surface area contributed by atoms with Crippen molar-refractivity contribution in [1.29, 1.82) is 0 Å². The molecule has 0 bridgehead atoms. The summed E-state index contributed by atoms with van der Waals surface area (Å²) >= 11 is 1.05. The number of amides is 1. The Hall–Kier alpha value is -2.87. The van der Waals surface area contributed by atoms with Crippen LogP contribution in [0.25, 0.3) is 0 Å². The molecule has 1 fully saturated rings. The van der Waals surface area contributed by atoms with E-state index in [0.29, 0.717) is 21.2 Å². The Bertz CT molecular complexity index is 933. The number of carbonyl (C=O) groups is 3. The normalized spacial score (nSPS) is 13.9. The van der Waals surface area contributed by atoms with E-state index in [1.807, 2.05) is 30.3 Å². The van der Waals surface area contributed by atoms with Gasteiger partial charge in [-0.25, -0.2) is 9.59 Å². The standard InChI is InChI=1S/C24H29NO6S/c1-3-29-23(27)20-16(2)21(24(28)31-18-12-8-5-9-13-18)32-22(20)25-19(26)14-15-30-17-10-6-4-7-11-17/h4,6-7,10-11,18H,3,5,8-9,12-15H2,1-2H3,(H,25,26). The smallest absolute Gasteiger partial charge is 0.348 e. The van der Waals surface area contributed by atoms with Gasteiger partial charge in [-0.15, -0.1) is 11.3 Å². The summed E-state index contributed by atoms with van der Waals surface area (Å²) in [5, 5.41) is 3.04. The lowest BCUT2D eigenvalue weighted by molar-refractivity contribution is -0.116. The number of rotatable bonds is 9. The van der Waals surface area contributed by atoms with Gasteiger partial charge in [-0.2, -0.15) is 0 Å². The summed E-state index contributed by atoms with van der Waals surface area (Å²) in [6.45, 7) is 3.76. The third kappa shape index (κ3) is 6.32. The van der Waals surface area contributed by atoms with Crippen LogP contribution in [-0.2, 0) is 14.3 Å². The quantitative estimate of drug-likeness (QED) is 0.523. The average molecular weight is 460 g/mol. The Balaban J connectivity index is 1.69. The summed E-state index contributed by atoms with van der Waals surface area (Å²) in [4.78, 5) is 38.2. The largest absolute Gasteiger partial charge is 0.493 e. The first-order valence-corrected chi connectivity index (χ1v) is 11.8. The van der Waals surface area contributed by atoms with Gasteiger partial charge in [-0.05, 0) is 57.2 Å². The Labute approximate surface area is 192 Å². The van der Waals surface area contributed by atoms with E-state index in [2.05, 4.69) is 5.32 Å². The molecule has 1 saturated carbocycles. The number of nitrogens with one attached hydrogen (secondary N) is 1. The zero-order valence-electron chi connectivity index (χ0n) is 18.5. The molecule has 0 saturated heterocycles. The van der Waals surface area contributed by atoms with Crippen LogP contribution in [0.15, 0.2) is 30.3 Å². The van der Waals surface area contributed by atoms with Crippen molar-refractivity contribution >= 4 is 34.2 Å². The van der Waals surface area contributed by atoms with Gasteiger partial charge in [0.2, 0.25) is 5.91 Å². The van der Waals surface area contributed by atoms with Crippen LogP contribution in [-0.4, -0.2) is 37.2 Å². The molecule has 0 radical (unpaired) electrons. The van der Waals surface area contributed by atoms with Crippen molar-refractivity contribution < 1.29 is 28.6 Å². The summed E-state index contributed by atoms with van der Waals surface area (Å²) in [6, 6.07) is 9.20. The van der Waals surface area contributed by atoms with Crippen LogP contribution < -0.4 is 10.1 Å². The predicted octanol–water partition coefficient (Wildman–Crippen LogP) is 5.13. The molecule has 1 aromatic carbocycles. The molecule has 2 aromatic rings. The third-order valence-electron chi connectivity index (χ3n) is 5.23. The molecule has 32 heavy (non-hydrogen) atoms. The fraction of sp³-hybridized carbons (Fsp3) is 0.458. The maximum atomic E-state index is 12.8. The molecule has 1 aliphatic rings. The Morgan fingerprint density at radius 2 is 1.78 bits per heavy atom. The minimum Gasteiger partial charge on any atom is -0.493 e. The van der Waals surface area contributed by atoms with E-state index in [1.165, 1.54) is 0 Å². The van der Waals surface area contributed by atoms with Crippen LogP contribution in [0.3, 0.4) is 0 Å². The molecule has 172 valence electrons. The number of esters is 2. The van der Waals surface area contributed by atoms with Crippen molar-refractivity contribution in [2.24, 2.45) is 0 Å². The summed E-state index contributed by atoms with van der Waals surface area (Å²) in [5.74, 6) is -0.682. The summed E-state index contributed by atoms with van der Waals surface area (Å²) in [7, 11) is 0. The van der Waals surface area contributed by atoms with E-state index >= 15 is 0 Å². The Kier molecular flexibility index (Phi) is 8.67. The SMILES string of the molecule is CCOC(=O)c1c(NC(=O)CCOc2ccccc2)sc(C(=O)OC2CCCCC2)c1C. The van der Waals surface area contributed by atoms with Gasteiger partial charge in [-0.3, -0.25) is 4.79 Å². The van der Waals surface area contributed by atoms with Crippen molar-refractivity contribution in [3.8, 4) is 5.75 Å². The second-order valence-electron chi connectivity index (χ2n) is 7.61. The number of anilines is 1. The van der Waals surface area contributed by atoms with E-state index in [0.717, 1.165) is 43.4 Å². The molecular formula is C24H29NO6S. The summed E-state index contributed by atoms with van der Waals surface area (Å²) in [5.41, 5.74) is 0.662. The van der Waals surface area contributed by atoms with Crippen molar-refractivity contribution in [2.45, 2.75) is 58.5 Å². The van der Waals surface area contributed by atoms with Gasteiger partial charge in [0.1, 0.15) is 21.7 Å². The zero-order chi connectivity index (χ0) is 22.9. The number of hydrogen-bond acceptors (Lipinski definition) is 7. The van der Waals surface area contributed by atoms with Crippen molar-refractivity contribution in [2.75, 3.05) is 18.5 Å². The van der Waals surface area contributed by atoms with E-state index in [9.17, 15) is 14.4 Å². The van der Waals surface area contributed by atoms with E-state index in [-0.39, 0.29) is 37.2 Å². The van der Waals surface area contributed by atoms with Crippen LogP contribution >= 0.6 is 11.3 Å². The first kappa shape index (κ1) is 23.8. The van der Waals surface area contributed by atoms with Gasteiger partial charge in [-0.1, -0.05) is 24.6 Å². The topological polar surface area (TPSA) is 90.9 Å². The van der Waals surface area contributed by atoms with Crippen LogP contribution in [0.4, 0.5) is 5.00 Å².